The minimum Gasteiger partial charge on any atom is -0.308 e. The summed E-state index contributed by atoms with van der Waals surface area (Å²) in [5, 5.41) is 2.72. The second-order valence-electron chi connectivity index (χ2n) is 12.9. The van der Waals surface area contributed by atoms with E-state index in [9.17, 15) is 0 Å². The molecule has 8 rings (SSSR count). The van der Waals surface area contributed by atoms with E-state index < -0.39 is 0 Å². The zero-order valence-electron chi connectivity index (χ0n) is 23.6. The largest absolute Gasteiger partial charge is 0.308 e. The normalized spacial score (nSPS) is 15.8. The zero-order valence-corrected chi connectivity index (χ0v) is 23.6. The highest BCUT2D eigenvalue weighted by Gasteiger charge is 2.43. The lowest BCUT2D eigenvalue weighted by Crippen LogP contribution is -2.33. The first-order valence-electron chi connectivity index (χ1n) is 14.1. The van der Waals surface area contributed by atoms with Gasteiger partial charge in [-0.2, -0.15) is 0 Å². The van der Waals surface area contributed by atoms with Crippen molar-refractivity contribution >= 4 is 21.8 Å². The third kappa shape index (κ3) is 2.86. The Kier molecular flexibility index (Phi) is 4.28. The predicted molar refractivity (Wildman–Crippen MR) is 165 cm³/mol. The molecule has 0 spiro atoms. The number of aromatic nitrogens is 1. The summed E-state index contributed by atoms with van der Waals surface area (Å²) in [4.78, 5) is 0. The van der Waals surface area contributed by atoms with Crippen molar-refractivity contribution in [2.45, 2.75) is 52.4 Å². The van der Waals surface area contributed by atoms with Crippen molar-refractivity contribution in [1.29, 1.82) is 0 Å². The molecule has 0 aliphatic carbocycles. The van der Waals surface area contributed by atoms with Crippen molar-refractivity contribution in [1.82, 2.24) is 4.57 Å². The summed E-state index contributed by atoms with van der Waals surface area (Å²) in [7, 11) is 0. The lowest BCUT2D eigenvalue weighted by Gasteiger charge is -2.42. The van der Waals surface area contributed by atoms with Gasteiger partial charge in [0, 0.05) is 21.6 Å². The molecule has 6 aromatic rings. The zero-order chi connectivity index (χ0) is 26.8. The summed E-state index contributed by atoms with van der Waals surface area (Å²) in [5.74, 6) is 0. The Morgan fingerprint density at radius 1 is 0.462 bits per heavy atom. The average molecular weight is 504 g/mol. The third-order valence-corrected chi connectivity index (χ3v) is 9.68. The van der Waals surface area contributed by atoms with Crippen LogP contribution in [0.4, 0.5) is 0 Å². The minimum atomic E-state index is -0.109. The maximum absolute atomic E-state index is 2.62. The van der Waals surface area contributed by atoms with Gasteiger partial charge in [-0.1, -0.05) is 106 Å². The summed E-state index contributed by atoms with van der Waals surface area (Å²) in [5.41, 5.74) is 17.4. The monoisotopic (exact) mass is 503 g/mol. The molecule has 2 aliphatic heterocycles. The molecule has 2 aliphatic rings. The van der Waals surface area contributed by atoms with Crippen LogP contribution in [0.15, 0.2) is 91.0 Å². The lowest BCUT2D eigenvalue weighted by atomic mass is 9.68. The van der Waals surface area contributed by atoms with E-state index in [-0.39, 0.29) is 10.8 Å². The highest BCUT2D eigenvalue weighted by atomic mass is 15.0. The first-order valence-corrected chi connectivity index (χ1v) is 14.1. The van der Waals surface area contributed by atoms with E-state index in [0.717, 1.165) is 0 Å². The fourth-order valence-corrected chi connectivity index (χ4v) is 7.36. The first kappa shape index (κ1) is 22.8. The van der Waals surface area contributed by atoms with E-state index in [4.69, 9.17) is 0 Å². The molecule has 1 heteroatoms. The smallest absolute Gasteiger partial charge is 0.0582 e. The van der Waals surface area contributed by atoms with Crippen LogP contribution in [0.2, 0.25) is 0 Å². The van der Waals surface area contributed by atoms with E-state index in [2.05, 4.69) is 137 Å². The number of hydrogen-bond donors (Lipinski definition) is 0. The molecule has 0 saturated carbocycles. The quantitative estimate of drug-likeness (QED) is 0.221. The molecule has 5 aromatic carbocycles. The molecule has 0 atom stereocenters. The molecule has 0 radical (unpaired) electrons. The molecule has 0 fully saturated rings. The first-order chi connectivity index (χ1) is 18.7. The Bertz CT molecular complexity index is 1850. The molecule has 0 N–H and O–H groups in total. The Hall–Kier alpha value is -4.10. The maximum Gasteiger partial charge on any atom is 0.0582 e. The van der Waals surface area contributed by atoms with Crippen molar-refractivity contribution in [3.63, 3.8) is 0 Å². The molecule has 1 nitrogen and oxygen atoms in total. The van der Waals surface area contributed by atoms with Gasteiger partial charge in [0.25, 0.3) is 0 Å². The lowest BCUT2D eigenvalue weighted by molar-refractivity contribution is 0.594. The third-order valence-electron chi connectivity index (χ3n) is 9.68. The molecule has 0 unspecified atom stereocenters. The highest BCUT2D eigenvalue weighted by molar-refractivity contribution is 6.16. The summed E-state index contributed by atoms with van der Waals surface area (Å²) >= 11 is 0. The van der Waals surface area contributed by atoms with Crippen molar-refractivity contribution in [3.8, 4) is 27.9 Å². The van der Waals surface area contributed by atoms with Crippen LogP contribution >= 0.6 is 0 Å². The molecular weight excluding hydrogens is 470 g/mol. The van der Waals surface area contributed by atoms with Gasteiger partial charge in [-0.3, -0.25) is 0 Å². The number of rotatable bonds is 2. The molecule has 0 bridgehead atoms. The fourth-order valence-electron chi connectivity index (χ4n) is 7.36. The molecule has 1 aromatic heterocycles. The van der Waals surface area contributed by atoms with Crippen LogP contribution in [-0.2, 0) is 10.8 Å². The Morgan fingerprint density at radius 3 is 1.28 bits per heavy atom. The van der Waals surface area contributed by atoms with E-state index in [1.54, 1.807) is 0 Å². The van der Waals surface area contributed by atoms with Gasteiger partial charge < -0.3 is 4.57 Å². The van der Waals surface area contributed by atoms with Crippen molar-refractivity contribution in [2.75, 3.05) is 0 Å². The fraction of sp³-hybridized carbons (Fsp3) is 0.211. The van der Waals surface area contributed by atoms with Gasteiger partial charge in [0.05, 0.1) is 16.7 Å². The number of hydrogen-bond acceptors (Lipinski definition) is 0. The Morgan fingerprint density at radius 2 is 0.872 bits per heavy atom. The standard InChI is InChI=1S/C38H33N/c1-22-10-14-24(15-11-22)26-18-28-29-19-27(25-16-12-23(2)13-17-25)21-33-35(29)39-34(28)32(20-26)37(3,4)30-8-7-9-31(36(30)39)38(33,5)6/h7-21H,1-6H3. The minimum absolute atomic E-state index is 0.109. The van der Waals surface area contributed by atoms with Gasteiger partial charge in [-0.25, -0.2) is 0 Å². The number of nitrogens with zero attached hydrogens (tertiary/aromatic N) is 1. The van der Waals surface area contributed by atoms with Crippen LogP contribution in [0.25, 0.3) is 49.7 Å². The number of benzene rings is 5. The van der Waals surface area contributed by atoms with E-state index in [1.165, 1.54) is 83.1 Å². The second-order valence-corrected chi connectivity index (χ2v) is 12.9. The van der Waals surface area contributed by atoms with Gasteiger partial charge in [-0.05, 0) is 82.6 Å². The SMILES string of the molecule is Cc1ccc(-c2cc3c4c(c2)c2cc(-c5ccc(C)cc5)cc5c2n4-c2c(cccc2C5(C)C)C3(C)C)cc1. The number of aryl methyl sites for hydroxylation is 2. The van der Waals surface area contributed by atoms with E-state index >= 15 is 0 Å². The number of fused-ring (bicyclic) bond motifs is 1. The Balaban J connectivity index is 1.59. The van der Waals surface area contributed by atoms with Gasteiger partial charge in [-0.15, -0.1) is 0 Å². The van der Waals surface area contributed by atoms with Gasteiger partial charge in [0.15, 0.2) is 0 Å². The maximum atomic E-state index is 2.62. The van der Waals surface area contributed by atoms with Crippen molar-refractivity contribution in [2.24, 2.45) is 0 Å². The molecular formula is C38H33N. The highest BCUT2D eigenvalue weighted by Crippen LogP contribution is 2.56. The molecule has 0 saturated heterocycles. The molecule has 190 valence electrons. The number of para-hydroxylation sites is 1. The molecule has 0 amide bonds. The van der Waals surface area contributed by atoms with Crippen LogP contribution in [0.5, 0.6) is 0 Å². The van der Waals surface area contributed by atoms with Gasteiger partial charge >= 0.3 is 0 Å². The topological polar surface area (TPSA) is 4.93 Å². The van der Waals surface area contributed by atoms with Crippen LogP contribution < -0.4 is 0 Å². The van der Waals surface area contributed by atoms with Crippen molar-refractivity contribution in [3.05, 3.63) is 124 Å². The van der Waals surface area contributed by atoms with E-state index in [0.29, 0.717) is 0 Å². The van der Waals surface area contributed by atoms with Crippen molar-refractivity contribution < 1.29 is 0 Å². The Labute approximate surface area is 230 Å². The summed E-state index contributed by atoms with van der Waals surface area (Å²) in [6.07, 6.45) is 0. The van der Waals surface area contributed by atoms with Crippen LogP contribution in [0.1, 0.15) is 61.1 Å². The van der Waals surface area contributed by atoms with Crippen LogP contribution in [-0.4, -0.2) is 4.57 Å². The molecule has 3 heterocycles. The van der Waals surface area contributed by atoms with Gasteiger partial charge in [0.2, 0.25) is 0 Å². The van der Waals surface area contributed by atoms with Crippen LogP contribution in [0, 0.1) is 13.8 Å². The van der Waals surface area contributed by atoms with Crippen LogP contribution in [0.3, 0.4) is 0 Å². The second kappa shape index (κ2) is 7.30. The predicted octanol–water partition coefficient (Wildman–Crippen LogP) is 10.0. The van der Waals surface area contributed by atoms with Gasteiger partial charge in [0.1, 0.15) is 0 Å². The summed E-state index contributed by atoms with van der Waals surface area (Å²) < 4.78 is 2.62. The summed E-state index contributed by atoms with van der Waals surface area (Å²) in [6, 6.07) is 34.8. The average Bonchev–Trinajstić information content (AvgIpc) is 3.25. The van der Waals surface area contributed by atoms with E-state index in [1.807, 2.05) is 0 Å². The molecule has 39 heavy (non-hydrogen) atoms. The summed E-state index contributed by atoms with van der Waals surface area (Å²) in [6.45, 7) is 14.0.